The van der Waals surface area contributed by atoms with Crippen LogP contribution in [0.25, 0.3) is 0 Å². The number of benzene rings is 1. The topological polar surface area (TPSA) is 96.8 Å². The summed E-state index contributed by atoms with van der Waals surface area (Å²) in [5.41, 5.74) is 5.42. The number of carbonyl (C=O) groups excluding carboxylic acids is 2. The van der Waals surface area contributed by atoms with Crippen molar-refractivity contribution in [3.63, 3.8) is 0 Å². The van der Waals surface area contributed by atoms with Crippen LogP contribution < -0.4 is 10.7 Å². The Kier molecular flexibility index (Phi) is 4.80. The quantitative estimate of drug-likeness (QED) is 0.674. The number of carbonyl (C=O) groups is 2. The fourth-order valence-corrected chi connectivity index (χ4v) is 3.29. The maximum absolute atomic E-state index is 12.7. The van der Waals surface area contributed by atoms with Gasteiger partial charge in [0.2, 0.25) is 0 Å². The van der Waals surface area contributed by atoms with Crippen molar-refractivity contribution in [2.45, 2.75) is 26.2 Å². The van der Waals surface area contributed by atoms with Crippen LogP contribution in [0, 0.1) is 6.92 Å². The Morgan fingerprint density at radius 1 is 1.04 bits per heavy atom. The molecule has 0 atom stereocenters. The molecule has 1 aliphatic rings. The summed E-state index contributed by atoms with van der Waals surface area (Å²) in [7, 11) is 0. The van der Waals surface area contributed by atoms with Gasteiger partial charge in [0.15, 0.2) is 11.5 Å². The number of aryl methyl sites for hydroxylation is 1. The SMILES string of the molecule is Cc1c(C(=O)Nc2ccccc2)oc2c1/C(=N/NC(=O)c1ccco1)CCC2. The van der Waals surface area contributed by atoms with E-state index in [1.165, 1.54) is 6.26 Å². The van der Waals surface area contributed by atoms with Gasteiger partial charge in [0.25, 0.3) is 5.91 Å². The lowest BCUT2D eigenvalue weighted by atomic mass is 9.93. The Morgan fingerprint density at radius 2 is 1.86 bits per heavy atom. The molecular formula is C21H19N3O4. The summed E-state index contributed by atoms with van der Waals surface area (Å²) >= 11 is 0. The van der Waals surface area contributed by atoms with Gasteiger partial charge in [0.05, 0.1) is 12.0 Å². The minimum absolute atomic E-state index is 0.187. The van der Waals surface area contributed by atoms with Gasteiger partial charge in [-0.3, -0.25) is 9.59 Å². The number of anilines is 1. The van der Waals surface area contributed by atoms with Crippen molar-refractivity contribution in [3.05, 3.63) is 77.1 Å². The first kappa shape index (κ1) is 17.8. The summed E-state index contributed by atoms with van der Waals surface area (Å²) < 4.78 is 10.9. The predicted octanol–water partition coefficient (Wildman–Crippen LogP) is 3.90. The molecule has 0 saturated heterocycles. The van der Waals surface area contributed by atoms with Gasteiger partial charge in [-0.2, -0.15) is 5.10 Å². The molecule has 2 amide bonds. The maximum Gasteiger partial charge on any atom is 0.307 e. The van der Waals surface area contributed by atoms with Gasteiger partial charge in [-0.05, 0) is 44.0 Å². The zero-order valence-corrected chi connectivity index (χ0v) is 15.3. The Morgan fingerprint density at radius 3 is 2.61 bits per heavy atom. The van der Waals surface area contributed by atoms with E-state index in [-0.39, 0.29) is 17.4 Å². The van der Waals surface area contributed by atoms with Gasteiger partial charge in [0.1, 0.15) is 5.76 Å². The van der Waals surface area contributed by atoms with E-state index >= 15 is 0 Å². The molecule has 1 aromatic carbocycles. The number of hydrogen-bond donors (Lipinski definition) is 2. The highest BCUT2D eigenvalue weighted by Crippen LogP contribution is 2.30. The standard InChI is InChI=1S/C21H19N3O4/c1-13-18-15(23-24-20(25)17-11-6-12-27-17)9-5-10-16(18)28-19(13)21(26)22-14-7-3-2-4-8-14/h2-4,6-8,11-12H,5,9-10H2,1H3,(H,22,26)(H,24,25)/b23-15+. The molecule has 0 spiro atoms. The number of amides is 2. The van der Waals surface area contributed by atoms with Crippen molar-refractivity contribution in [1.29, 1.82) is 0 Å². The van der Waals surface area contributed by atoms with E-state index in [0.29, 0.717) is 29.1 Å². The van der Waals surface area contributed by atoms with Crippen LogP contribution in [0.2, 0.25) is 0 Å². The Hall–Kier alpha value is -3.61. The molecule has 0 bridgehead atoms. The number of nitrogens with zero attached hydrogens (tertiary/aromatic N) is 1. The fraction of sp³-hybridized carbons (Fsp3) is 0.190. The van der Waals surface area contributed by atoms with E-state index in [2.05, 4.69) is 15.8 Å². The number of hydrazone groups is 1. The molecule has 0 fully saturated rings. The minimum atomic E-state index is -0.423. The molecule has 28 heavy (non-hydrogen) atoms. The van der Waals surface area contributed by atoms with Crippen LogP contribution in [-0.4, -0.2) is 17.5 Å². The lowest BCUT2D eigenvalue weighted by molar-refractivity contribution is 0.0926. The van der Waals surface area contributed by atoms with Crippen molar-refractivity contribution in [3.8, 4) is 0 Å². The smallest absolute Gasteiger partial charge is 0.307 e. The average Bonchev–Trinajstić information content (AvgIpc) is 3.36. The summed E-state index contributed by atoms with van der Waals surface area (Å²) in [6.45, 7) is 1.83. The summed E-state index contributed by atoms with van der Waals surface area (Å²) in [6.07, 6.45) is 3.67. The highest BCUT2D eigenvalue weighted by atomic mass is 16.4. The van der Waals surface area contributed by atoms with Crippen molar-refractivity contribution in [1.82, 2.24) is 5.43 Å². The first-order chi connectivity index (χ1) is 13.6. The number of rotatable bonds is 4. The van der Waals surface area contributed by atoms with E-state index in [9.17, 15) is 9.59 Å². The number of nitrogens with one attached hydrogen (secondary N) is 2. The van der Waals surface area contributed by atoms with Crippen molar-refractivity contribution in [2.24, 2.45) is 5.10 Å². The second-order valence-electron chi connectivity index (χ2n) is 6.50. The summed E-state index contributed by atoms with van der Waals surface area (Å²) in [4.78, 5) is 24.7. The van der Waals surface area contributed by atoms with E-state index in [0.717, 1.165) is 18.4 Å². The average molecular weight is 377 g/mol. The third-order valence-electron chi connectivity index (χ3n) is 4.60. The molecule has 2 aromatic heterocycles. The second kappa shape index (κ2) is 7.56. The summed E-state index contributed by atoms with van der Waals surface area (Å²) in [6, 6.07) is 12.4. The van der Waals surface area contributed by atoms with E-state index in [4.69, 9.17) is 8.83 Å². The summed E-state index contributed by atoms with van der Waals surface area (Å²) in [5.74, 6) is 0.436. The van der Waals surface area contributed by atoms with E-state index in [1.807, 2.05) is 37.3 Å². The van der Waals surface area contributed by atoms with Crippen LogP contribution in [0.3, 0.4) is 0 Å². The molecule has 7 heteroatoms. The van der Waals surface area contributed by atoms with E-state index in [1.54, 1.807) is 12.1 Å². The molecule has 2 heterocycles. The highest BCUT2D eigenvalue weighted by Gasteiger charge is 2.28. The normalized spacial score (nSPS) is 14.5. The molecule has 0 aliphatic heterocycles. The zero-order chi connectivity index (χ0) is 19.5. The predicted molar refractivity (Wildman–Crippen MR) is 103 cm³/mol. The van der Waals surface area contributed by atoms with Crippen molar-refractivity contribution in [2.75, 3.05) is 5.32 Å². The van der Waals surface area contributed by atoms with Crippen LogP contribution >= 0.6 is 0 Å². The van der Waals surface area contributed by atoms with Crippen molar-refractivity contribution < 1.29 is 18.4 Å². The fourth-order valence-electron chi connectivity index (χ4n) is 3.29. The lowest BCUT2D eigenvalue weighted by Gasteiger charge is -2.13. The number of furan rings is 2. The van der Waals surface area contributed by atoms with Crippen LogP contribution in [0.4, 0.5) is 5.69 Å². The molecule has 2 N–H and O–H groups in total. The van der Waals surface area contributed by atoms with Crippen LogP contribution in [-0.2, 0) is 6.42 Å². The Labute approximate surface area is 161 Å². The number of fused-ring (bicyclic) bond motifs is 1. The lowest BCUT2D eigenvalue weighted by Crippen LogP contribution is -2.21. The largest absolute Gasteiger partial charge is 0.459 e. The minimum Gasteiger partial charge on any atom is -0.459 e. The highest BCUT2D eigenvalue weighted by molar-refractivity contribution is 6.09. The third kappa shape index (κ3) is 3.46. The first-order valence-electron chi connectivity index (χ1n) is 9.03. The van der Waals surface area contributed by atoms with Gasteiger partial charge < -0.3 is 14.2 Å². The molecule has 7 nitrogen and oxygen atoms in total. The molecule has 0 unspecified atom stereocenters. The summed E-state index contributed by atoms with van der Waals surface area (Å²) in [5, 5.41) is 7.10. The van der Waals surface area contributed by atoms with Gasteiger partial charge in [-0.25, -0.2) is 5.43 Å². The first-order valence-corrected chi connectivity index (χ1v) is 9.03. The van der Waals surface area contributed by atoms with Gasteiger partial charge in [-0.1, -0.05) is 18.2 Å². The molecule has 142 valence electrons. The molecule has 1 aliphatic carbocycles. The van der Waals surface area contributed by atoms with Gasteiger partial charge >= 0.3 is 5.91 Å². The van der Waals surface area contributed by atoms with Crippen LogP contribution in [0.1, 0.15) is 50.8 Å². The number of para-hydroxylation sites is 1. The molecule has 0 saturated carbocycles. The molecule has 0 radical (unpaired) electrons. The molecular weight excluding hydrogens is 358 g/mol. The number of hydrogen-bond acceptors (Lipinski definition) is 5. The monoisotopic (exact) mass is 377 g/mol. The van der Waals surface area contributed by atoms with Gasteiger partial charge in [-0.15, -0.1) is 0 Å². The van der Waals surface area contributed by atoms with Gasteiger partial charge in [0, 0.05) is 23.2 Å². The van der Waals surface area contributed by atoms with Crippen LogP contribution in [0.5, 0.6) is 0 Å². The Bertz CT molecular complexity index is 1030. The van der Waals surface area contributed by atoms with Crippen molar-refractivity contribution >= 4 is 23.2 Å². The third-order valence-corrected chi connectivity index (χ3v) is 4.60. The van der Waals surface area contributed by atoms with E-state index < -0.39 is 5.91 Å². The zero-order valence-electron chi connectivity index (χ0n) is 15.3. The molecule has 3 aromatic rings. The Balaban J connectivity index is 1.58. The van der Waals surface area contributed by atoms with Crippen LogP contribution in [0.15, 0.2) is 62.7 Å². The molecule has 4 rings (SSSR count). The maximum atomic E-state index is 12.7. The second-order valence-corrected chi connectivity index (χ2v) is 6.50.